The maximum atomic E-state index is 12.6. The van der Waals surface area contributed by atoms with Crippen molar-refractivity contribution in [3.63, 3.8) is 0 Å². The molecule has 0 bridgehead atoms. The first-order valence-electron chi connectivity index (χ1n) is 11.0. The minimum Gasteiger partial charge on any atom is -0.481 e. The van der Waals surface area contributed by atoms with E-state index in [1.54, 1.807) is 12.4 Å². The molecular formula is C23H30N4O4. The first-order chi connectivity index (χ1) is 14.9. The zero-order chi connectivity index (χ0) is 21.9. The van der Waals surface area contributed by atoms with Crippen LogP contribution in [0.1, 0.15) is 51.4 Å². The maximum absolute atomic E-state index is 12.6. The average Bonchev–Trinajstić information content (AvgIpc) is 3.19. The standard InChI is InChI=1S/C23H30N4O4/c28-19(13-22(14-20(29)30)7-1-2-8-22)26-15-23(31)9-4-12-27(16-23)18-6-11-24-17-5-3-10-25-21(17)18/h3,5-6,10-11,31H,1-2,4,7-9,12-16H2,(H,26,28)(H,29,30)/t23-/m0/s1. The Kier molecular flexibility index (Phi) is 6.09. The molecule has 8 heteroatoms. The van der Waals surface area contributed by atoms with Gasteiger partial charge in [0.15, 0.2) is 0 Å². The molecule has 0 spiro atoms. The van der Waals surface area contributed by atoms with Gasteiger partial charge < -0.3 is 20.4 Å². The third-order valence-corrected chi connectivity index (χ3v) is 6.71. The molecule has 1 aliphatic heterocycles. The Morgan fingerprint density at radius 1 is 1.06 bits per heavy atom. The average molecular weight is 427 g/mol. The number of amides is 1. The number of pyridine rings is 2. The minimum absolute atomic E-state index is 0.0284. The van der Waals surface area contributed by atoms with E-state index in [1.165, 1.54) is 0 Å². The number of aromatic nitrogens is 2. The summed E-state index contributed by atoms with van der Waals surface area (Å²) in [6, 6.07) is 5.68. The van der Waals surface area contributed by atoms with Crippen molar-refractivity contribution < 1.29 is 19.8 Å². The monoisotopic (exact) mass is 426 g/mol. The van der Waals surface area contributed by atoms with Gasteiger partial charge in [-0.3, -0.25) is 19.6 Å². The lowest BCUT2D eigenvalue weighted by Crippen LogP contribution is -2.54. The van der Waals surface area contributed by atoms with E-state index in [0.717, 1.165) is 55.4 Å². The van der Waals surface area contributed by atoms with Gasteiger partial charge in [0.1, 0.15) is 5.52 Å². The van der Waals surface area contributed by atoms with Crippen LogP contribution in [0.25, 0.3) is 11.0 Å². The second-order valence-electron chi connectivity index (χ2n) is 9.18. The highest BCUT2D eigenvalue weighted by Crippen LogP contribution is 2.44. The molecule has 2 aliphatic rings. The molecule has 2 aromatic rings. The second kappa shape index (κ2) is 8.78. The third-order valence-electron chi connectivity index (χ3n) is 6.71. The van der Waals surface area contributed by atoms with Crippen molar-refractivity contribution in [3.8, 4) is 0 Å². The fraction of sp³-hybridized carbons (Fsp3) is 0.565. The number of carbonyl (C=O) groups excluding carboxylic acids is 1. The summed E-state index contributed by atoms with van der Waals surface area (Å²) in [6.45, 7) is 1.35. The van der Waals surface area contributed by atoms with Crippen LogP contribution in [0.2, 0.25) is 0 Å². The van der Waals surface area contributed by atoms with Crippen LogP contribution in [0.15, 0.2) is 30.6 Å². The number of carbonyl (C=O) groups is 2. The number of piperidine rings is 1. The van der Waals surface area contributed by atoms with Crippen LogP contribution in [-0.4, -0.2) is 57.3 Å². The highest BCUT2D eigenvalue weighted by molar-refractivity contribution is 5.87. The Labute approximate surface area is 181 Å². The number of rotatable bonds is 7. The number of aliphatic hydroxyl groups is 1. The lowest BCUT2D eigenvalue weighted by atomic mass is 9.79. The van der Waals surface area contributed by atoms with Crippen LogP contribution in [0, 0.1) is 5.41 Å². The third kappa shape index (κ3) is 4.95. The molecule has 166 valence electrons. The number of nitrogens with one attached hydrogen (secondary N) is 1. The van der Waals surface area contributed by atoms with Crippen molar-refractivity contribution in [1.82, 2.24) is 15.3 Å². The molecule has 4 rings (SSSR count). The van der Waals surface area contributed by atoms with Gasteiger partial charge in [0, 0.05) is 38.4 Å². The van der Waals surface area contributed by atoms with Crippen molar-refractivity contribution in [2.24, 2.45) is 5.41 Å². The fourth-order valence-corrected chi connectivity index (χ4v) is 5.21. The van der Waals surface area contributed by atoms with Gasteiger partial charge in [0.2, 0.25) is 5.91 Å². The van der Waals surface area contributed by atoms with Crippen LogP contribution in [0.3, 0.4) is 0 Å². The van der Waals surface area contributed by atoms with Crippen molar-refractivity contribution in [2.45, 2.75) is 57.0 Å². The van der Waals surface area contributed by atoms with E-state index in [4.69, 9.17) is 0 Å². The van der Waals surface area contributed by atoms with E-state index in [1.807, 2.05) is 18.2 Å². The predicted octanol–water partition coefficient (Wildman–Crippen LogP) is 2.50. The van der Waals surface area contributed by atoms with Gasteiger partial charge >= 0.3 is 5.97 Å². The molecule has 2 fully saturated rings. The molecule has 31 heavy (non-hydrogen) atoms. The van der Waals surface area contributed by atoms with Gasteiger partial charge in [-0.1, -0.05) is 12.8 Å². The smallest absolute Gasteiger partial charge is 0.303 e. The molecule has 1 saturated heterocycles. The summed E-state index contributed by atoms with van der Waals surface area (Å²) < 4.78 is 0. The fourth-order valence-electron chi connectivity index (χ4n) is 5.21. The zero-order valence-electron chi connectivity index (χ0n) is 17.7. The number of aliphatic carboxylic acids is 1. The Balaban J connectivity index is 1.40. The predicted molar refractivity (Wildman–Crippen MR) is 117 cm³/mol. The molecule has 1 aliphatic carbocycles. The number of carboxylic acids is 1. The minimum atomic E-state index is -1.05. The van der Waals surface area contributed by atoms with Crippen LogP contribution >= 0.6 is 0 Å². The molecule has 8 nitrogen and oxygen atoms in total. The molecular weight excluding hydrogens is 396 g/mol. The molecule has 0 radical (unpaired) electrons. The van der Waals surface area contributed by atoms with Crippen molar-refractivity contribution in [3.05, 3.63) is 30.6 Å². The number of carboxylic acid groups (broad SMARTS) is 1. The molecule has 1 saturated carbocycles. The lowest BCUT2D eigenvalue weighted by molar-refractivity contribution is -0.140. The Morgan fingerprint density at radius 3 is 2.65 bits per heavy atom. The summed E-state index contributed by atoms with van der Waals surface area (Å²) in [5, 5.41) is 23.4. The summed E-state index contributed by atoms with van der Waals surface area (Å²) in [4.78, 5) is 34.9. The maximum Gasteiger partial charge on any atom is 0.303 e. The highest BCUT2D eigenvalue weighted by atomic mass is 16.4. The van der Waals surface area contributed by atoms with Crippen LogP contribution in [-0.2, 0) is 9.59 Å². The van der Waals surface area contributed by atoms with Gasteiger partial charge in [0.25, 0.3) is 0 Å². The van der Waals surface area contributed by atoms with Gasteiger partial charge in [0.05, 0.1) is 23.2 Å². The normalized spacial score (nSPS) is 23.1. The van der Waals surface area contributed by atoms with E-state index in [2.05, 4.69) is 20.2 Å². The van der Waals surface area contributed by atoms with Gasteiger partial charge in [-0.2, -0.15) is 0 Å². The Bertz CT molecular complexity index is 954. The molecule has 1 atom stereocenters. The largest absolute Gasteiger partial charge is 0.481 e. The first kappa shape index (κ1) is 21.5. The van der Waals surface area contributed by atoms with Crippen LogP contribution < -0.4 is 10.2 Å². The quantitative estimate of drug-likeness (QED) is 0.623. The molecule has 0 aromatic carbocycles. The summed E-state index contributed by atoms with van der Waals surface area (Å²) in [7, 11) is 0. The number of hydrogen-bond acceptors (Lipinski definition) is 6. The Hall–Kier alpha value is -2.74. The number of β-amino-alcohol motifs (C(OH)–C–C–N with tert-alkyl or cyclic N) is 1. The number of anilines is 1. The van der Waals surface area contributed by atoms with Gasteiger partial charge in [-0.05, 0) is 49.3 Å². The topological polar surface area (TPSA) is 116 Å². The summed E-state index contributed by atoms with van der Waals surface area (Å²) >= 11 is 0. The van der Waals surface area contributed by atoms with Gasteiger partial charge in [-0.15, -0.1) is 0 Å². The molecule has 1 amide bonds. The van der Waals surface area contributed by atoms with E-state index in [9.17, 15) is 19.8 Å². The lowest BCUT2D eigenvalue weighted by Gasteiger charge is -2.40. The molecule has 3 N–H and O–H groups in total. The van der Waals surface area contributed by atoms with Crippen LogP contribution in [0.4, 0.5) is 5.69 Å². The number of fused-ring (bicyclic) bond motifs is 1. The summed E-state index contributed by atoms with van der Waals surface area (Å²) in [6.07, 6.45) is 8.59. The molecule has 3 heterocycles. The second-order valence-corrected chi connectivity index (χ2v) is 9.18. The Morgan fingerprint density at radius 2 is 1.87 bits per heavy atom. The SMILES string of the molecule is O=C(O)CC1(CC(=O)NC[C@@]2(O)CCCN(c3ccnc4cccnc34)C2)CCCC1. The van der Waals surface area contributed by atoms with E-state index in [0.29, 0.717) is 13.0 Å². The number of nitrogens with zero attached hydrogens (tertiary/aromatic N) is 3. The summed E-state index contributed by atoms with van der Waals surface area (Å²) in [5.74, 6) is -1.03. The van der Waals surface area contributed by atoms with Crippen molar-refractivity contribution >= 4 is 28.6 Å². The van der Waals surface area contributed by atoms with Crippen molar-refractivity contribution in [1.29, 1.82) is 0 Å². The van der Waals surface area contributed by atoms with E-state index < -0.39 is 17.0 Å². The zero-order valence-corrected chi connectivity index (χ0v) is 17.7. The van der Waals surface area contributed by atoms with Crippen LogP contribution in [0.5, 0.6) is 0 Å². The molecule has 2 aromatic heterocycles. The van der Waals surface area contributed by atoms with Gasteiger partial charge in [-0.25, -0.2) is 0 Å². The highest BCUT2D eigenvalue weighted by Gasteiger charge is 2.39. The molecule has 0 unspecified atom stereocenters. The van der Waals surface area contributed by atoms with E-state index in [-0.39, 0.29) is 25.3 Å². The summed E-state index contributed by atoms with van der Waals surface area (Å²) in [5.41, 5.74) is 1.05. The van der Waals surface area contributed by atoms with Crippen molar-refractivity contribution in [2.75, 3.05) is 24.5 Å². The van der Waals surface area contributed by atoms with E-state index >= 15 is 0 Å². The number of hydrogen-bond donors (Lipinski definition) is 3. The first-order valence-corrected chi connectivity index (χ1v) is 11.0.